The lowest BCUT2D eigenvalue weighted by Gasteiger charge is -2.31. The first-order chi connectivity index (χ1) is 13.4. The maximum absolute atomic E-state index is 13.1. The summed E-state index contributed by atoms with van der Waals surface area (Å²) >= 11 is 1.46. The number of aromatic amines is 1. The molecule has 10 heteroatoms. The van der Waals surface area contributed by atoms with E-state index in [1.165, 1.54) is 27.8 Å². The quantitative estimate of drug-likeness (QED) is 0.684. The smallest absolute Gasteiger partial charge is 0.246 e. The van der Waals surface area contributed by atoms with Crippen LogP contribution in [0, 0.1) is 11.7 Å². The lowest BCUT2D eigenvalue weighted by Crippen LogP contribution is -2.39. The van der Waals surface area contributed by atoms with Gasteiger partial charge < -0.3 is 0 Å². The second-order valence-electron chi connectivity index (χ2n) is 6.74. The van der Waals surface area contributed by atoms with E-state index in [0.717, 1.165) is 17.1 Å². The van der Waals surface area contributed by atoms with Crippen molar-refractivity contribution in [3.63, 3.8) is 0 Å². The van der Waals surface area contributed by atoms with Crippen molar-refractivity contribution in [3.8, 4) is 5.00 Å². The van der Waals surface area contributed by atoms with Crippen LogP contribution in [0.4, 0.5) is 4.39 Å². The van der Waals surface area contributed by atoms with Crippen LogP contribution in [0.25, 0.3) is 5.00 Å². The number of nitrogens with one attached hydrogen (secondary N) is 1. The molecule has 0 atom stereocenters. The van der Waals surface area contributed by atoms with E-state index in [4.69, 9.17) is 0 Å². The zero-order valence-corrected chi connectivity index (χ0v) is 16.5. The molecule has 0 saturated carbocycles. The molecule has 2 aromatic heterocycles. The van der Waals surface area contributed by atoms with Crippen molar-refractivity contribution in [3.05, 3.63) is 63.9 Å². The van der Waals surface area contributed by atoms with E-state index in [2.05, 4.69) is 10.2 Å². The third kappa shape index (κ3) is 3.67. The summed E-state index contributed by atoms with van der Waals surface area (Å²) in [6.07, 6.45) is 1.94. The number of aromatic nitrogens is 3. The highest BCUT2D eigenvalue weighted by molar-refractivity contribution is 7.89. The molecule has 3 aromatic rings. The predicted octanol–water partition coefficient (Wildman–Crippen LogP) is 2.40. The Labute approximate surface area is 165 Å². The molecule has 0 unspecified atom stereocenters. The lowest BCUT2D eigenvalue weighted by atomic mass is 9.94. The molecular formula is C18H19FN4O3S2. The number of rotatable bonds is 5. The largest absolute Gasteiger partial charge is 0.348 e. The summed E-state index contributed by atoms with van der Waals surface area (Å²) in [4.78, 5) is 12.2. The Kier molecular flexibility index (Phi) is 5.17. The van der Waals surface area contributed by atoms with Crippen LogP contribution in [0.1, 0.15) is 18.7 Å². The van der Waals surface area contributed by atoms with Gasteiger partial charge in [0, 0.05) is 19.5 Å². The third-order valence-electron chi connectivity index (χ3n) is 4.96. The molecular weight excluding hydrogens is 403 g/mol. The van der Waals surface area contributed by atoms with Gasteiger partial charge in [-0.05, 0) is 60.5 Å². The van der Waals surface area contributed by atoms with E-state index in [-0.39, 0.29) is 16.5 Å². The molecule has 0 spiro atoms. The molecule has 0 amide bonds. The van der Waals surface area contributed by atoms with Gasteiger partial charge in [-0.15, -0.1) is 11.3 Å². The average Bonchev–Trinajstić information content (AvgIpc) is 3.32. The zero-order valence-electron chi connectivity index (χ0n) is 14.9. The van der Waals surface area contributed by atoms with Crippen LogP contribution >= 0.6 is 11.3 Å². The summed E-state index contributed by atoms with van der Waals surface area (Å²) in [6.45, 7) is 0.774. The fourth-order valence-electron chi connectivity index (χ4n) is 3.46. The van der Waals surface area contributed by atoms with E-state index < -0.39 is 15.8 Å². The number of thiophene rings is 1. The minimum absolute atomic E-state index is 0.103. The van der Waals surface area contributed by atoms with Crippen LogP contribution in [-0.4, -0.2) is 40.6 Å². The fraction of sp³-hybridized carbons (Fsp3) is 0.333. The number of halogens is 1. The Balaban J connectivity index is 1.44. The number of benzene rings is 1. The van der Waals surface area contributed by atoms with E-state index >= 15 is 0 Å². The van der Waals surface area contributed by atoms with Gasteiger partial charge in [-0.3, -0.25) is 0 Å². The van der Waals surface area contributed by atoms with Gasteiger partial charge in [0.05, 0.1) is 4.90 Å². The van der Waals surface area contributed by atoms with Gasteiger partial charge in [0.1, 0.15) is 16.6 Å². The summed E-state index contributed by atoms with van der Waals surface area (Å²) in [5, 5.41) is 9.37. The minimum Gasteiger partial charge on any atom is -0.246 e. The molecule has 1 N–H and O–H groups in total. The molecule has 1 aliphatic rings. The van der Waals surface area contributed by atoms with Crippen molar-refractivity contribution in [1.82, 2.24) is 19.1 Å². The summed E-state index contributed by atoms with van der Waals surface area (Å²) in [5.74, 6) is 0.425. The Bertz CT molecular complexity index is 1100. The highest BCUT2D eigenvalue weighted by Crippen LogP contribution is 2.26. The average molecular weight is 423 g/mol. The molecule has 1 aliphatic heterocycles. The van der Waals surface area contributed by atoms with Gasteiger partial charge in [0.2, 0.25) is 10.0 Å². The second kappa shape index (κ2) is 7.61. The maximum atomic E-state index is 13.1. The summed E-state index contributed by atoms with van der Waals surface area (Å²) < 4.78 is 41.5. The predicted molar refractivity (Wildman–Crippen MR) is 104 cm³/mol. The first-order valence-electron chi connectivity index (χ1n) is 8.91. The number of H-pyrrole nitrogens is 1. The van der Waals surface area contributed by atoms with E-state index in [1.54, 1.807) is 4.57 Å². The zero-order chi connectivity index (χ0) is 19.7. The van der Waals surface area contributed by atoms with Crippen molar-refractivity contribution >= 4 is 21.4 Å². The first-order valence-corrected chi connectivity index (χ1v) is 11.2. The number of hydrogen-bond acceptors (Lipinski definition) is 5. The molecule has 0 aliphatic carbocycles. The molecule has 4 rings (SSSR count). The normalized spacial score (nSPS) is 16.5. The number of hydrogen-bond donors (Lipinski definition) is 1. The number of nitrogens with zero attached hydrogens (tertiary/aromatic N) is 3. The monoisotopic (exact) mass is 422 g/mol. The van der Waals surface area contributed by atoms with Gasteiger partial charge in [-0.1, -0.05) is 0 Å². The molecule has 148 valence electrons. The molecule has 0 radical (unpaired) electrons. The van der Waals surface area contributed by atoms with E-state index in [0.29, 0.717) is 38.2 Å². The standard InChI is InChI=1S/C18H19FN4O3S2/c19-14-3-5-15(6-4-14)28(25,26)22-9-7-13(8-10-22)12-16-20-21-18(24)23(16)17-2-1-11-27-17/h1-6,11,13H,7-10,12H2,(H,21,24). The van der Waals surface area contributed by atoms with Crippen LogP contribution in [-0.2, 0) is 16.4 Å². The SMILES string of the molecule is O=c1[nH]nc(CC2CCN(S(=O)(=O)c3ccc(F)cc3)CC2)n1-c1cccs1. The molecule has 1 fully saturated rings. The highest BCUT2D eigenvalue weighted by Gasteiger charge is 2.30. The number of piperidine rings is 1. The van der Waals surface area contributed by atoms with Gasteiger partial charge in [-0.2, -0.15) is 9.40 Å². The molecule has 0 bridgehead atoms. The van der Waals surface area contributed by atoms with E-state index in [1.807, 2.05) is 17.5 Å². The molecule has 28 heavy (non-hydrogen) atoms. The van der Waals surface area contributed by atoms with Crippen molar-refractivity contribution < 1.29 is 12.8 Å². The topological polar surface area (TPSA) is 88.1 Å². The Hall–Kier alpha value is -2.30. The van der Waals surface area contributed by atoms with Crippen molar-refractivity contribution in [2.75, 3.05) is 13.1 Å². The first kappa shape index (κ1) is 19.0. The molecule has 7 nitrogen and oxygen atoms in total. The third-order valence-corrected chi connectivity index (χ3v) is 7.73. The molecule has 1 saturated heterocycles. The molecule has 1 aromatic carbocycles. The highest BCUT2D eigenvalue weighted by atomic mass is 32.2. The van der Waals surface area contributed by atoms with Crippen LogP contribution < -0.4 is 5.69 Å². The summed E-state index contributed by atoms with van der Waals surface area (Å²) in [5.41, 5.74) is -0.270. The second-order valence-corrected chi connectivity index (χ2v) is 9.60. The fourth-order valence-corrected chi connectivity index (χ4v) is 5.68. The minimum atomic E-state index is -3.62. The van der Waals surface area contributed by atoms with Crippen molar-refractivity contribution in [1.29, 1.82) is 0 Å². The molecule has 3 heterocycles. The van der Waals surface area contributed by atoms with Gasteiger partial charge in [0.25, 0.3) is 0 Å². The van der Waals surface area contributed by atoms with Crippen LogP contribution in [0.5, 0.6) is 0 Å². The summed E-state index contributed by atoms with van der Waals surface area (Å²) in [6, 6.07) is 8.63. The van der Waals surface area contributed by atoms with Crippen LogP contribution in [0.2, 0.25) is 0 Å². The van der Waals surface area contributed by atoms with Crippen molar-refractivity contribution in [2.24, 2.45) is 5.92 Å². The van der Waals surface area contributed by atoms with Gasteiger partial charge >= 0.3 is 5.69 Å². The lowest BCUT2D eigenvalue weighted by molar-refractivity contribution is 0.270. The van der Waals surface area contributed by atoms with Gasteiger partial charge in [-0.25, -0.2) is 27.3 Å². The maximum Gasteiger partial charge on any atom is 0.348 e. The van der Waals surface area contributed by atoms with Gasteiger partial charge in [0.15, 0.2) is 0 Å². The van der Waals surface area contributed by atoms with Crippen LogP contribution in [0.3, 0.4) is 0 Å². The Morgan fingerprint density at radius 1 is 1.18 bits per heavy atom. The van der Waals surface area contributed by atoms with Crippen LogP contribution in [0.15, 0.2) is 51.5 Å². The van der Waals surface area contributed by atoms with E-state index in [9.17, 15) is 17.6 Å². The summed E-state index contributed by atoms with van der Waals surface area (Å²) in [7, 11) is -3.62. The number of sulfonamides is 1. The Morgan fingerprint density at radius 2 is 1.89 bits per heavy atom. The van der Waals surface area contributed by atoms with Crippen molar-refractivity contribution in [2.45, 2.75) is 24.2 Å². The Morgan fingerprint density at radius 3 is 2.54 bits per heavy atom.